The second kappa shape index (κ2) is 5.76. The maximum atomic E-state index is 12.3. The van der Waals surface area contributed by atoms with Crippen molar-refractivity contribution in [1.29, 1.82) is 0 Å². The number of carbonyl (C=O) groups excluding carboxylic acids is 1. The lowest BCUT2D eigenvalue weighted by Gasteiger charge is -2.27. The highest BCUT2D eigenvalue weighted by Gasteiger charge is 2.21. The first-order valence-corrected chi connectivity index (χ1v) is 7.35. The Morgan fingerprint density at radius 3 is 2.33 bits per heavy atom. The summed E-state index contributed by atoms with van der Waals surface area (Å²) < 4.78 is 0. The van der Waals surface area contributed by atoms with Crippen molar-refractivity contribution in [3.8, 4) is 0 Å². The van der Waals surface area contributed by atoms with Crippen LogP contribution < -0.4 is 11.1 Å². The summed E-state index contributed by atoms with van der Waals surface area (Å²) in [5.74, 6) is 0.289. The van der Waals surface area contributed by atoms with Gasteiger partial charge < -0.3 is 11.1 Å². The van der Waals surface area contributed by atoms with Gasteiger partial charge in [-0.1, -0.05) is 52.0 Å². The van der Waals surface area contributed by atoms with E-state index < -0.39 is 0 Å². The van der Waals surface area contributed by atoms with Crippen molar-refractivity contribution in [2.45, 2.75) is 27.7 Å². The molecule has 0 aliphatic carbocycles. The van der Waals surface area contributed by atoms with E-state index in [-0.39, 0.29) is 11.3 Å². The van der Waals surface area contributed by atoms with Crippen molar-refractivity contribution in [3.05, 3.63) is 42.0 Å². The molecule has 0 radical (unpaired) electrons. The standard InChI is InChI=1S/C18H24N2O/c1-12(18(2,3)4)11-20-17(21)15-9-13-7-5-6-8-14(13)10-16(15)19/h5-10,12H,11,19H2,1-4H3,(H,20,21). The molecule has 0 bridgehead atoms. The number of hydrogen-bond acceptors (Lipinski definition) is 2. The van der Waals surface area contributed by atoms with E-state index in [9.17, 15) is 4.79 Å². The third-order valence-corrected chi connectivity index (χ3v) is 4.21. The van der Waals surface area contributed by atoms with E-state index in [0.717, 1.165) is 10.8 Å². The van der Waals surface area contributed by atoms with Gasteiger partial charge in [-0.2, -0.15) is 0 Å². The maximum absolute atomic E-state index is 12.3. The molecule has 0 saturated heterocycles. The van der Waals surface area contributed by atoms with Crippen molar-refractivity contribution >= 4 is 22.4 Å². The van der Waals surface area contributed by atoms with Crippen molar-refractivity contribution in [2.75, 3.05) is 12.3 Å². The molecule has 0 aromatic heterocycles. The first-order valence-electron chi connectivity index (χ1n) is 7.35. The molecule has 0 heterocycles. The number of anilines is 1. The molecule has 1 atom stereocenters. The van der Waals surface area contributed by atoms with E-state index in [4.69, 9.17) is 5.73 Å². The SMILES string of the molecule is CC(CNC(=O)c1cc2ccccc2cc1N)C(C)(C)C. The number of amides is 1. The minimum absolute atomic E-state index is 0.102. The van der Waals surface area contributed by atoms with Crippen molar-refractivity contribution in [1.82, 2.24) is 5.32 Å². The fourth-order valence-electron chi connectivity index (χ4n) is 2.10. The topological polar surface area (TPSA) is 55.1 Å². The van der Waals surface area contributed by atoms with Crippen LogP contribution in [0.15, 0.2) is 36.4 Å². The fraction of sp³-hybridized carbons (Fsp3) is 0.389. The van der Waals surface area contributed by atoms with Crippen molar-refractivity contribution < 1.29 is 4.79 Å². The first-order chi connectivity index (χ1) is 9.79. The fourth-order valence-corrected chi connectivity index (χ4v) is 2.10. The van der Waals surface area contributed by atoms with Crippen LogP contribution in [0.3, 0.4) is 0 Å². The summed E-state index contributed by atoms with van der Waals surface area (Å²) in [4.78, 5) is 12.3. The molecule has 0 aliphatic rings. The number of rotatable bonds is 3. The van der Waals surface area contributed by atoms with Crippen LogP contribution >= 0.6 is 0 Å². The van der Waals surface area contributed by atoms with Gasteiger partial charge in [0.05, 0.1) is 5.56 Å². The first kappa shape index (κ1) is 15.4. The average molecular weight is 284 g/mol. The summed E-state index contributed by atoms with van der Waals surface area (Å²) in [6.45, 7) is 9.31. The average Bonchev–Trinajstić information content (AvgIpc) is 2.42. The molecular weight excluding hydrogens is 260 g/mol. The predicted molar refractivity (Wildman–Crippen MR) is 89.3 cm³/mol. The second-order valence-corrected chi connectivity index (χ2v) is 6.76. The summed E-state index contributed by atoms with van der Waals surface area (Å²) in [5.41, 5.74) is 7.26. The summed E-state index contributed by atoms with van der Waals surface area (Å²) in [5, 5.41) is 5.07. The smallest absolute Gasteiger partial charge is 0.253 e. The molecule has 112 valence electrons. The number of nitrogens with one attached hydrogen (secondary N) is 1. The highest BCUT2D eigenvalue weighted by atomic mass is 16.1. The highest BCUT2D eigenvalue weighted by Crippen LogP contribution is 2.25. The normalized spacial score (nSPS) is 13.1. The summed E-state index contributed by atoms with van der Waals surface area (Å²) >= 11 is 0. The molecule has 2 aromatic carbocycles. The minimum atomic E-state index is -0.102. The summed E-state index contributed by atoms with van der Waals surface area (Å²) in [7, 11) is 0. The molecule has 21 heavy (non-hydrogen) atoms. The van der Waals surface area contributed by atoms with Crippen LogP contribution in [0.2, 0.25) is 0 Å². The number of carbonyl (C=O) groups is 1. The molecular formula is C18H24N2O. The molecule has 3 nitrogen and oxygen atoms in total. The zero-order valence-corrected chi connectivity index (χ0v) is 13.2. The number of nitrogen functional groups attached to an aromatic ring is 1. The number of fused-ring (bicyclic) bond motifs is 1. The van der Waals surface area contributed by atoms with Gasteiger partial charge in [0.15, 0.2) is 0 Å². The predicted octanol–water partition coefficient (Wildman–Crippen LogP) is 3.83. The second-order valence-electron chi connectivity index (χ2n) is 6.76. The van der Waals surface area contributed by atoms with E-state index in [1.54, 1.807) is 0 Å². The summed E-state index contributed by atoms with van der Waals surface area (Å²) in [6.07, 6.45) is 0. The molecule has 1 amide bonds. The van der Waals surface area contributed by atoms with Crippen LogP contribution in [0.25, 0.3) is 10.8 Å². The van der Waals surface area contributed by atoms with E-state index in [0.29, 0.717) is 23.7 Å². The molecule has 0 fully saturated rings. The van der Waals surface area contributed by atoms with Gasteiger partial charge in [-0.3, -0.25) is 4.79 Å². The quantitative estimate of drug-likeness (QED) is 0.841. The minimum Gasteiger partial charge on any atom is -0.398 e. The maximum Gasteiger partial charge on any atom is 0.253 e. The van der Waals surface area contributed by atoms with Gasteiger partial charge in [-0.15, -0.1) is 0 Å². The Bertz CT molecular complexity index is 656. The van der Waals surface area contributed by atoms with Crippen LogP contribution in [0.5, 0.6) is 0 Å². The Morgan fingerprint density at radius 1 is 1.19 bits per heavy atom. The monoisotopic (exact) mass is 284 g/mol. The lowest BCUT2D eigenvalue weighted by atomic mass is 9.82. The lowest BCUT2D eigenvalue weighted by Crippen LogP contribution is -2.34. The van der Waals surface area contributed by atoms with Crippen molar-refractivity contribution in [3.63, 3.8) is 0 Å². The Morgan fingerprint density at radius 2 is 1.76 bits per heavy atom. The van der Waals surface area contributed by atoms with Gasteiger partial charge in [0.2, 0.25) is 0 Å². The Kier molecular flexibility index (Phi) is 4.21. The van der Waals surface area contributed by atoms with Gasteiger partial charge in [-0.05, 0) is 34.2 Å². The van der Waals surface area contributed by atoms with Gasteiger partial charge in [-0.25, -0.2) is 0 Å². The van der Waals surface area contributed by atoms with Gasteiger partial charge in [0, 0.05) is 12.2 Å². The molecule has 0 saturated carbocycles. The van der Waals surface area contributed by atoms with Gasteiger partial charge >= 0.3 is 0 Å². The van der Waals surface area contributed by atoms with Crippen LogP contribution in [0.1, 0.15) is 38.1 Å². The summed E-state index contributed by atoms with van der Waals surface area (Å²) in [6, 6.07) is 11.6. The number of nitrogens with two attached hydrogens (primary N) is 1. The van der Waals surface area contributed by atoms with E-state index in [1.807, 2.05) is 36.4 Å². The molecule has 0 aliphatic heterocycles. The molecule has 3 heteroatoms. The Balaban J connectivity index is 2.18. The van der Waals surface area contributed by atoms with Crippen LogP contribution in [0, 0.1) is 11.3 Å². The zero-order chi connectivity index (χ0) is 15.6. The van der Waals surface area contributed by atoms with Gasteiger partial charge in [0.25, 0.3) is 5.91 Å². The highest BCUT2D eigenvalue weighted by molar-refractivity contribution is 6.03. The van der Waals surface area contributed by atoms with Gasteiger partial charge in [0.1, 0.15) is 0 Å². The van der Waals surface area contributed by atoms with E-state index in [1.165, 1.54) is 0 Å². The van der Waals surface area contributed by atoms with Crippen molar-refractivity contribution in [2.24, 2.45) is 11.3 Å². The zero-order valence-electron chi connectivity index (χ0n) is 13.2. The van der Waals surface area contributed by atoms with E-state index >= 15 is 0 Å². The Labute approximate surface area is 126 Å². The number of hydrogen-bond donors (Lipinski definition) is 2. The third-order valence-electron chi connectivity index (χ3n) is 4.21. The molecule has 1 unspecified atom stereocenters. The largest absolute Gasteiger partial charge is 0.398 e. The molecule has 0 spiro atoms. The van der Waals surface area contributed by atoms with E-state index in [2.05, 4.69) is 33.0 Å². The number of benzene rings is 2. The van der Waals surface area contributed by atoms with Crippen LogP contribution in [-0.2, 0) is 0 Å². The molecule has 2 aromatic rings. The van der Waals surface area contributed by atoms with Crippen LogP contribution in [0.4, 0.5) is 5.69 Å². The lowest BCUT2D eigenvalue weighted by molar-refractivity contribution is 0.0938. The third kappa shape index (κ3) is 3.54. The molecule has 3 N–H and O–H groups in total. The molecule has 2 rings (SSSR count). The van der Waals surface area contributed by atoms with Crippen LogP contribution in [-0.4, -0.2) is 12.5 Å². The Hall–Kier alpha value is -2.03.